The maximum absolute atomic E-state index is 11.9. The summed E-state index contributed by atoms with van der Waals surface area (Å²) in [4.78, 5) is 22.6. The van der Waals surface area contributed by atoms with Crippen LogP contribution in [0.15, 0.2) is 24.3 Å². The number of benzene rings is 1. The number of carbonyl (C=O) groups is 1. The van der Waals surface area contributed by atoms with Crippen molar-refractivity contribution in [2.75, 3.05) is 6.61 Å². The third kappa shape index (κ3) is 8.53. The molecule has 0 aliphatic carbocycles. The second-order valence-electron chi connectivity index (χ2n) is 5.97. The average Bonchev–Trinajstić information content (AvgIpc) is 2.59. The zero-order chi connectivity index (χ0) is 16.8. The molecule has 1 aromatic rings. The topological polar surface area (TPSA) is 43.4 Å². The molecule has 0 aliphatic heterocycles. The van der Waals surface area contributed by atoms with Crippen molar-refractivity contribution in [1.29, 1.82) is 0 Å². The molecule has 3 heteroatoms. The summed E-state index contributed by atoms with van der Waals surface area (Å²) in [6.07, 6.45) is 14.2. The van der Waals surface area contributed by atoms with Crippen LogP contribution in [0.1, 0.15) is 87.1 Å². The first-order valence-electron chi connectivity index (χ1n) is 8.94. The van der Waals surface area contributed by atoms with Gasteiger partial charge in [0.25, 0.3) is 0 Å². The van der Waals surface area contributed by atoms with E-state index in [1.54, 1.807) is 30.6 Å². The van der Waals surface area contributed by atoms with Crippen LogP contribution in [0.25, 0.3) is 0 Å². The summed E-state index contributed by atoms with van der Waals surface area (Å²) in [6.45, 7) is 2.66. The van der Waals surface area contributed by atoms with E-state index in [4.69, 9.17) is 4.74 Å². The Bertz CT molecular complexity index is 454. The first-order valence-corrected chi connectivity index (χ1v) is 8.94. The molecule has 0 spiro atoms. The van der Waals surface area contributed by atoms with E-state index in [0.29, 0.717) is 12.2 Å². The van der Waals surface area contributed by atoms with Crippen LogP contribution in [-0.2, 0) is 9.53 Å². The van der Waals surface area contributed by atoms with Gasteiger partial charge in [0, 0.05) is 5.56 Å². The lowest BCUT2D eigenvalue weighted by Crippen LogP contribution is -2.09. The van der Waals surface area contributed by atoms with Gasteiger partial charge in [-0.25, -0.2) is 4.79 Å². The van der Waals surface area contributed by atoms with Gasteiger partial charge < -0.3 is 4.74 Å². The molecule has 0 atom stereocenters. The molecule has 0 unspecified atom stereocenters. The molecule has 0 N–H and O–H groups in total. The highest BCUT2D eigenvalue weighted by molar-refractivity contribution is 5.98. The van der Waals surface area contributed by atoms with Crippen LogP contribution in [0.2, 0.25) is 0 Å². The summed E-state index contributed by atoms with van der Waals surface area (Å²) in [6, 6.07) is 6.60. The Hall–Kier alpha value is -1.64. The molecule has 0 heterocycles. The highest BCUT2D eigenvalue weighted by Crippen LogP contribution is 2.11. The Balaban J connectivity index is 2.02. The zero-order valence-corrected chi connectivity index (χ0v) is 14.3. The molecule has 0 fully saturated rings. The van der Waals surface area contributed by atoms with Crippen LogP contribution in [0.5, 0.6) is 0 Å². The summed E-state index contributed by atoms with van der Waals surface area (Å²) < 4.78 is 5.22. The second-order valence-corrected chi connectivity index (χ2v) is 5.97. The SMILES string of the molecule is CCCCCCCCCCCCOC(=O)c1ccccc1[C]=O. The quantitative estimate of drug-likeness (QED) is 0.370. The summed E-state index contributed by atoms with van der Waals surface area (Å²) >= 11 is 0. The summed E-state index contributed by atoms with van der Waals surface area (Å²) in [5.74, 6) is -0.431. The summed E-state index contributed by atoms with van der Waals surface area (Å²) in [7, 11) is 0. The lowest BCUT2D eigenvalue weighted by molar-refractivity contribution is 0.0497. The molecule has 0 aliphatic rings. The fraction of sp³-hybridized carbons (Fsp3) is 0.600. The van der Waals surface area contributed by atoms with Crippen molar-refractivity contribution in [3.8, 4) is 0 Å². The maximum Gasteiger partial charge on any atom is 0.338 e. The summed E-state index contributed by atoms with van der Waals surface area (Å²) in [5.41, 5.74) is 0.565. The highest BCUT2D eigenvalue weighted by Gasteiger charge is 2.11. The molecular formula is C20H29O3. The van der Waals surface area contributed by atoms with Crippen LogP contribution in [0.3, 0.4) is 0 Å². The Morgan fingerprint density at radius 1 is 0.913 bits per heavy atom. The van der Waals surface area contributed by atoms with E-state index in [9.17, 15) is 9.59 Å². The van der Waals surface area contributed by atoms with E-state index in [1.807, 2.05) is 0 Å². The van der Waals surface area contributed by atoms with Crippen LogP contribution in [0.4, 0.5) is 0 Å². The van der Waals surface area contributed by atoms with Gasteiger partial charge in [-0.3, -0.25) is 4.79 Å². The Kier molecular flexibility index (Phi) is 10.9. The standard InChI is InChI=1S/C20H29O3/c1-2-3-4-5-6-7-8-9-10-13-16-23-20(22)19-15-12-11-14-18(19)17-21/h11-12,14-15H,2-10,13,16H2,1H3. The number of hydrogen-bond donors (Lipinski definition) is 0. The third-order valence-electron chi connectivity index (χ3n) is 3.99. The predicted molar refractivity (Wildman–Crippen MR) is 93.4 cm³/mol. The van der Waals surface area contributed by atoms with Crippen molar-refractivity contribution in [2.45, 2.75) is 71.1 Å². The number of carbonyl (C=O) groups excluding carboxylic acids is 2. The van der Waals surface area contributed by atoms with Gasteiger partial charge in [-0.2, -0.15) is 0 Å². The first-order chi connectivity index (χ1) is 11.3. The van der Waals surface area contributed by atoms with E-state index in [1.165, 1.54) is 51.4 Å². The molecule has 0 amide bonds. The number of esters is 1. The van der Waals surface area contributed by atoms with E-state index < -0.39 is 5.97 Å². The molecule has 1 aromatic carbocycles. The van der Waals surface area contributed by atoms with Crippen molar-refractivity contribution < 1.29 is 14.3 Å². The minimum Gasteiger partial charge on any atom is -0.462 e. The number of rotatable bonds is 13. The summed E-state index contributed by atoms with van der Waals surface area (Å²) in [5, 5.41) is 0. The molecule has 3 nitrogen and oxygen atoms in total. The lowest BCUT2D eigenvalue weighted by Gasteiger charge is -2.06. The van der Waals surface area contributed by atoms with Crippen molar-refractivity contribution in [3.63, 3.8) is 0 Å². The first kappa shape index (κ1) is 19.4. The largest absolute Gasteiger partial charge is 0.462 e. The van der Waals surface area contributed by atoms with Crippen LogP contribution in [0, 0.1) is 0 Å². The molecule has 1 radical (unpaired) electrons. The maximum atomic E-state index is 11.9. The molecule has 0 saturated carbocycles. The normalized spacial score (nSPS) is 10.5. The van der Waals surface area contributed by atoms with Gasteiger partial charge in [0.1, 0.15) is 0 Å². The number of hydrogen-bond acceptors (Lipinski definition) is 3. The zero-order valence-electron chi connectivity index (χ0n) is 14.3. The van der Waals surface area contributed by atoms with Crippen molar-refractivity contribution >= 4 is 12.3 Å². The van der Waals surface area contributed by atoms with E-state index in [0.717, 1.165) is 12.8 Å². The Labute approximate surface area is 140 Å². The van der Waals surface area contributed by atoms with Crippen LogP contribution < -0.4 is 0 Å². The molecule has 0 aromatic heterocycles. The van der Waals surface area contributed by atoms with Gasteiger partial charge in [0.05, 0.1) is 12.2 Å². The van der Waals surface area contributed by atoms with Crippen LogP contribution >= 0.6 is 0 Å². The fourth-order valence-electron chi connectivity index (χ4n) is 2.58. The van der Waals surface area contributed by atoms with Crippen LogP contribution in [-0.4, -0.2) is 18.9 Å². The van der Waals surface area contributed by atoms with E-state index >= 15 is 0 Å². The smallest absolute Gasteiger partial charge is 0.338 e. The number of unbranched alkanes of at least 4 members (excludes halogenated alkanes) is 9. The van der Waals surface area contributed by atoms with Crippen molar-refractivity contribution in [2.24, 2.45) is 0 Å². The van der Waals surface area contributed by atoms with E-state index in [-0.39, 0.29) is 5.56 Å². The minimum atomic E-state index is -0.431. The molecule has 0 saturated heterocycles. The Morgan fingerprint density at radius 2 is 1.48 bits per heavy atom. The molecule has 127 valence electrons. The number of ether oxygens (including phenoxy) is 1. The average molecular weight is 317 g/mol. The van der Waals surface area contributed by atoms with Gasteiger partial charge in [-0.1, -0.05) is 82.9 Å². The van der Waals surface area contributed by atoms with Gasteiger partial charge in [-0.05, 0) is 12.5 Å². The molecule has 0 bridgehead atoms. The van der Waals surface area contributed by atoms with Crippen molar-refractivity contribution in [1.82, 2.24) is 0 Å². The van der Waals surface area contributed by atoms with Gasteiger partial charge in [-0.15, -0.1) is 0 Å². The van der Waals surface area contributed by atoms with Crippen molar-refractivity contribution in [3.05, 3.63) is 35.4 Å². The third-order valence-corrected chi connectivity index (χ3v) is 3.99. The predicted octanol–water partition coefficient (Wildman–Crippen LogP) is 5.22. The monoisotopic (exact) mass is 317 g/mol. The molecule has 1 rings (SSSR count). The molecule has 23 heavy (non-hydrogen) atoms. The van der Waals surface area contributed by atoms with Gasteiger partial charge >= 0.3 is 5.97 Å². The van der Waals surface area contributed by atoms with E-state index in [2.05, 4.69) is 6.92 Å². The van der Waals surface area contributed by atoms with Gasteiger partial charge in [0.2, 0.25) is 6.29 Å². The lowest BCUT2D eigenvalue weighted by atomic mass is 10.1. The fourth-order valence-corrected chi connectivity index (χ4v) is 2.58. The minimum absolute atomic E-state index is 0.264. The molecular weight excluding hydrogens is 288 g/mol. The van der Waals surface area contributed by atoms with Gasteiger partial charge in [0.15, 0.2) is 0 Å². The second kappa shape index (κ2) is 12.9. The highest BCUT2D eigenvalue weighted by atomic mass is 16.5. The Morgan fingerprint density at radius 3 is 2.09 bits per heavy atom.